The molecule has 1 aromatic heterocycles. The summed E-state index contributed by atoms with van der Waals surface area (Å²) in [7, 11) is 0. The smallest absolute Gasteiger partial charge is 0.341 e. The Morgan fingerprint density at radius 2 is 2.13 bits per heavy atom. The highest BCUT2D eigenvalue weighted by Crippen LogP contribution is 2.10. The van der Waals surface area contributed by atoms with Crippen LogP contribution < -0.4 is 5.56 Å². The first-order valence-corrected chi connectivity index (χ1v) is 4.94. The van der Waals surface area contributed by atoms with Gasteiger partial charge >= 0.3 is 5.97 Å². The average Bonchev–Trinajstić information content (AvgIpc) is 2.16. The van der Waals surface area contributed by atoms with E-state index in [4.69, 9.17) is 5.11 Å². The molecular formula is C11H15NO3. The summed E-state index contributed by atoms with van der Waals surface area (Å²) in [5, 5.41) is 8.82. The first-order chi connectivity index (χ1) is 6.99. The summed E-state index contributed by atoms with van der Waals surface area (Å²) in [5.74, 6) is -1.17. The quantitative estimate of drug-likeness (QED) is 0.826. The Labute approximate surface area is 88.2 Å². The maximum atomic E-state index is 11.8. The van der Waals surface area contributed by atoms with Crippen LogP contribution in [0.4, 0.5) is 0 Å². The first kappa shape index (κ1) is 11.5. The SMILES string of the molecule is CCC(C)n1c(C)ccc(C(=O)O)c1=O. The van der Waals surface area contributed by atoms with Crippen molar-refractivity contribution < 1.29 is 9.90 Å². The van der Waals surface area contributed by atoms with Crippen molar-refractivity contribution in [3.63, 3.8) is 0 Å². The summed E-state index contributed by atoms with van der Waals surface area (Å²) in [6.45, 7) is 5.67. The van der Waals surface area contributed by atoms with Crippen LogP contribution in [0.1, 0.15) is 42.4 Å². The zero-order valence-corrected chi connectivity index (χ0v) is 9.15. The van der Waals surface area contributed by atoms with Crippen LogP contribution in [-0.2, 0) is 0 Å². The first-order valence-electron chi connectivity index (χ1n) is 4.94. The maximum absolute atomic E-state index is 11.8. The van der Waals surface area contributed by atoms with E-state index in [0.717, 1.165) is 12.1 Å². The largest absolute Gasteiger partial charge is 0.477 e. The summed E-state index contributed by atoms with van der Waals surface area (Å²) < 4.78 is 1.53. The summed E-state index contributed by atoms with van der Waals surface area (Å²) in [4.78, 5) is 22.6. The summed E-state index contributed by atoms with van der Waals surface area (Å²) in [6, 6.07) is 3.05. The fourth-order valence-corrected chi connectivity index (χ4v) is 1.54. The van der Waals surface area contributed by atoms with Gasteiger partial charge in [-0.25, -0.2) is 4.79 Å². The molecule has 82 valence electrons. The molecule has 1 rings (SSSR count). The van der Waals surface area contributed by atoms with Crippen LogP contribution in [-0.4, -0.2) is 15.6 Å². The molecule has 1 atom stereocenters. The Bertz CT molecular complexity index is 434. The topological polar surface area (TPSA) is 59.3 Å². The van der Waals surface area contributed by atoms with Crippen LogP contribution in [0.2, 0.25) is 0 Å². The van der Waals surface area contributed by atoms with E-state index in [9.17, 15) is 9.59 Å². The molecule has 0 aromatic carbocycles. The molecule has 0 aliphatic carbocycles. The molecule has 15 heavy (non-hydrogen) atoms. The number of aromatic nitrogens is 1. The number of rotatable bonds is 3. The standard InChI is InChI=1S/C11H15NO3/c1-4-7(2)12-8(3)5-6-9(10(12)13)11(14)15/h5-7H,4H2,1-3H3,(H,14,15). The highest BCUT2D eigenvalue weighted by atomic mass is 16.4. The molecule has 0 aliphatic heterocycles. The molecular weight excluding hydrogens is 194 g/mol. The van der Waals surface area contributed by atoms with E-state index in [0.29, 0.717) is 0 Å². The monoisotopic (exact) mass is 209 g/mol. The van der Waals surface area contributed by atoms with Gasteiger partial charge in [-0.05, 0) is 32.4 Å². The van der Waals surface area contributed by atoms with Gasteiger partial charge in [-0.15, -0.1) is 0 Å². The molecule has 1 heterocycles. The van der Waals surface area contributed by atoms with E-state index in [2.05, 4.69) is 0 Å². The van der Waals surface area contributed by atoms with E-state index in [1.54, 1.807) is 13.0 Å². The van der Waals surface area contributed by atoms with Crippen molar-refractivity contribution in [3.8, 4) is 0 Å². The van der Waals surface area contributed by atoms with Crippen LogP contribution in [0.25, 0.3) is 0 Å². The molecule has 0 bridgehead atoms. The Morgan fingerprint density at radius 1 is 1.53 bits per heavy atom. The Kier molecular flexibility index (Phi) is 3.29. The van der Waals surface area contributed by atoms with E-state index in [-0.39, 0.29) is 11.6 Å². The minimum Gasteiger partial charge on any atom is -0.477 e. The van der Waals surface area contributed by atoms with Gasteiger partial charge in [0.15, 0.2) is 0 Å². The molecule has 0 fully saturated rings. The van der Waals surface area contributed by atoms with Crippen LogP contribution >= 0.6 is 0 Å². The minimum absolute atomic E-state index is 0.0248. The molecule has 0 spiro atoms. The fourth-order valence-electron chi connectivity index (χ4n) is 1.54. The third-order valence-corrected chi connectivity index (χ3v) is 2.58. The van der Waals surface area contributed by atoms with Crippen molar-refractivity contribution in [3.05, 3.63) is 33.7 Å². The second-order valence-electron chi connectivity index (χ2n) is 3.63. The molecule has 1 unspecified atom stereocenters. The van der Waals surface area contributed by atoms with E-state index in [1.807, 2.05) is 13.8 Å². The third-order valence-electron chi connectivity index (χ3n) is 2.58. The fraction of sp³-hybridized carbons (Fsp3) is 0.455. The summed E-state index contributed by atoms with van der Waals surface area (Å²) in [5.41, 5.74) is 0.206. The lowest BCUT2D eigenvalue weighted by Gasteiger charge is -2.16. The Balaban J connectivity index is 3.44. The number of carboxylic acids is 1. The molecule has 0 radical (unpaired) electrons. The second kappa shape index (κ2) is 4.29. The van der Waals surface area contributed by atoms with Gasteiger partial charge < -0.3 is 9.67 Å². The van der Waals surface area contributed by atoms with Crippen LogP contribution in [0.3, 0.4) is 0 Å². The van der Waals surface area contributed by atoms with Crippen molar-refractivity contribution in [2.45, 2.75) is 33.2 Å². The number of pyridine rings is 1. The van der Waals surface area contributed by atoms with Crippen LogP contribution in [0.5, 0.6) is 0 Å². The van der Waals surface area contributed by atoms with Gasteiger partial charge in [0, 0.05) is 11.7 Å². The van der Waals surface area contributed by atoms with Gasteiger partial charge in [0.2, 0.25) is 0 Å². The lowest BCUT2D eigenvalue weighted by atomic mass is 10.2. The van der Waals surface area contributed by atoms with Gasteiger partial charge in [0.25, 0.3) is 5.56 Å². The van der Waals surface area contributed by atoms with E-state index >= 15 is 0 Å². The van der Waals surface area contributed by atoms with Crippen molar-refractivity contribution >= 4 is 5.97 Å². The maximum Gasteiger partial charge on any atom is 0.341 e. The van der Waals surface area contributed by atoms with Crippen molar-refractivity contribution in [1.82, 2.24) is 4.57 Å². The van der Waals surface area contributed by atoms with Gasteiger partial charge in [-0.2, -0.15) is 0 Å². The summed E-state index contributed by atoms with van der Waals surface area (Å²) >= 11 is 0. The normalized spacial score (nSPS) is 12.5. The predicted octanol–water partition coefficient (Wildman–Crippen LogP) is 1.83. The molecule has 0 aliphatic rings. The number of nitrogens with zero attached hydrogens (tertiary/aromatic N) is 1. The van der Waals surface area contributed by atoms with Crippen molar-refractivity contribution in [2.24, 2.45) is 0 Å². The lowest BCUT2D eigenvalue weighted by Crippen LogP contribution is -2.29. The average molecular weight is 209 g/mol. The van der Waals surface area contributed by atoms with Gasteiger partial charge in [-0.3, -0.25) is 4.79 Å². The molecule has 1 N–H and O–H groups in total. The number of hydrogen-bond acceptors (Lipinski definition) is 2. The molecule has 4 nitrogen and oxygen atoms in total. The molecule has 0 amide bonds. The third kappa shape index (κ3) is 2.09. The second-order valence-corrected chi connectivity index (χ2v) is 3.63. The molecule has 0 saturated heterocycles. The van der Waals surface area contributed by atoms with Crippen molar-refractivity contribution in [1.29, 1.82) is 0 Å². The van der Waals surface area contributed by atoms with E-state index < -0.39 is 11.5 Å². The Hall–Kier alpha value is -1.58. The van der Waals surface area contributed by atoms with Crippen molar-refractivity contribution in [2.75, 3.05) is 0 Å². The predicted molar refractivity (Wildman–Crippen MR) is 57.4 cm³/mol. The van der Waals surface area contributed by atoms with Crippen LogP contribution in [0, 0.1) is 6.92 Å². The zero-order valence-electron chi connectivity index (χ0n) is 9.15. The number of aromatic carboxylic acids is 1. The number of carbonyl (C=O) groups is 1. The van der Waals surface area contributed by atoms with Gasteiger partial charge in [0.1, 0.15) is 5.56 Å². The zero-order chi connectivity index (χ0) is 11.6. The number of hydrogen-bond donors (Lipinski definition) is 1. The molecule has 0 saturated carbocycles. The molecule has 4 heteroatoms. The highest BCUT2D eigenvalue weighted by molar-refractivity contribution is 5.87. The van der Waals surface area contributed by atoms with Gasteiger partial charge in [-0.1, -0.05) is 6.92 Å². The van der Waals surface area contributed by atoms with Gasteiger partial charge in [0.05, 0.1) is 0 Å². The Morgan fingerprint density at radius 3 is 2.60 bits per heavy atom. The highest BCUT2D eigenvalue weighted by Gasteiger charge is 2.14. The lowest BCUT2D eigenvalue weighted by molar-refractivity contribution is 0.0694. The number of carboxylic acid groups (broad SMARTS) is 1. The molecule has 1 aromatic rings. The summed E-state index contributed by atoms with van der Waals surface area (Å²) in [6.07, 6.45) is 0.795. The van der Waals surface area contributed by atoms with Crippen LogP contribution in [0.15, 0.2) is 16.9 Å². The van der Waals surface area contributed by atoms with E-state index in [1.165, 1.54) is 10.6 Å². The minimum atomic E-state index is -1.17. The number of aryl methyl sites for hydroxylation is 1.